The lowest BCUT2D eigenvalue weighted by atomic mass is 10.1. The number of hydrogen-bond acceptors (Lipinski definition) is 4. The van der Waals surface area contributed by atoms with Gasteiger partial charge in [0.1, 0.15) is 13.2 Å². The molecule has 5 nitrogen and oxygen atoms in total. The number of carbonyl (C=O) groups is 1. The Kier molecular flexibility index (Phi) is 3.71. The molecule has 1 aliphatic carbocycles. The summed E-state index contributed by atoms with van der Waals surface area (Å²) in [5.74, 6) is 1.50. The number of ether oxygens (including phenoxy) is 2. The van der Waals surface area contributed by atoms with E-state index in [2.05, 4.69) is 5.32 Å². The molecule has 1 aromatic rings. The summed E-state index contributed by atoms with van der Waals surface area (Å²) in [6.07, 6.45) is 2.26. The molecule has 0 aromatic heterocycles. The molecule has 0 saturated heterocycles. The van der Waals surface area contributed by atoms with Gasteiger partial charge >= 0.3 is 0 Å². The van der Waals surface area contributed by atoms with Gasteiger partial charge in [-0.3, -0.25) is 4.79 Å². The van der Waals surface area contributed by atoms with Crippen molar-refractivity contribution in [2.75, 3.05) is 19.8 Å². The summed E-state index contributed by atoms with van der Waals surface area (Å²) in [5.41, 5.74) is 6.15. The molecule has 1 saturated carbocycles. The summed E-state index contributed by atoms with van der Waals surface area (Å²) in [7, 11) is 0. The average Bonchev–Trinajstić information content (AvgIpc) is 3.29. The van der Waals surface area contributed by atoms with Crippen molar-refractivity contribution in [1.29, 1.82) is 0 Å². The predicted molar refractivity (Wildman–Crippen MR) is 82.6 cm³/mol. The number of nitrogens with one attached hydrogen (secondary N) is 1. The minimum atomic E-state index is -0.581. The molecule has 1 amide bonds. The van der Waals surface area contributed by atoms with E-state index in [0.29, 0.717) is 24.7 Å². The zero-order chi connectivity index (χ0) is 14.9. The molecule has 1 aliphatic heterocycles. The lowest BCUT2D eigenvalue weighted by Gasteiger charge is -2.19. The minimum Gasteiger partial charge on any atom is -0.486 e. The molecule has 112 valence electrons. The third-order valence-corrected chi connectivity index (χ3v) is 4.35. The van der Waals surface area contributed by atoms with Crippen molar-refractivity contribution in [3.8, 4) is 11.5 Å². The monoisotopic (exact) mass is 306 g/mol. The number of hydrogen-bond donors (Lipinski definition) is 2. The molecule has 0 unspecified atom stereocenters. The average molecular weight is 306 g/mol. The van der Waals surface area contributed by atoms with E-state index in [1.165, 1.54) is 0 Å². The molecule has 3 rings (SSSR count). The first-order chi connectivity index (χ1) is 10.1. The minimum absolute atomic E-state index is 0.0486. The van der Waals surface area contributed by atoms with Crippen LogP contribution < -0.4 is 20.5 Å². The number of amides is 1. The summed E-state index contributed by atoms with van der Waals surface area (Å²) in [5, 5.41) is 2.92. The van der Waals surface area contributed by atoms with Crippen molar-refractivity contribution in [2.24, 2.45) is 11.1 Å². The van der Waals surface area contributed by atoms with E-state index in [9.17, 15) is 4.79 Å². The van der Waals surface area contributed by atoms with Crippen molar-refractivity contribution in [3.05, 3.63) is 23.8 Å². The number of nitrogens with two attached hydrogens (primary N) is 1. The quantitative estimate of drug-likeness (QED) is 0.799. The first kappa shape index (κ1) is 14.1. The molecule has 0 bridgehead atoms. The molecule has 21 heavy (non-hydrogen) atoms. The Labute approximate surface area is 128 Å². The molecule has 1 heterocycles. The topological polar surface area (TPSA) is 73.6 Å². The third-order valence-electron chi connectivity index (χ3n) is 3.96. The Morgan fingerprint density at radius 3 is 2.67 bits per heavy atom. The van der Waals surface area contributed by atoms with Crippen molar-refractivity contribution in [3.63, 3.8) is 0 Å². The van der Waals surface area contributed by atoms with Crippen LogP contribution in [0.5, 0.6) is 11.5 Å². The first-order valence-electron chi connectivity index (χ1n) is 7.08. The number of rotatable bonds is 5. The molecule has 3 N–H and O–H groups in total. The van der Waals surface area contributed by atoms with Gasteiger partial charge in [-0.25, -0.2) is 0 Å². The highest BCUT2D eigenvalue weighted by molar-refractivity contribution is 7.80. The van der Waals surface area contributed by atoms with E-state index in [4.69, 9.17) is 27.4 Å². The van der Waals surface area contributed by atoms with Gasteiger partial charge in [0.2, 0.25) is 5.91 Å². The largest absolute Gasteiger partial charge is 0.486 e. The van der Waals surface area contributed by atoms with E-state index in [1.54, 1.807) is 0 Å². The lowest BCUT2D eigenvalue weighted by Crippen LogP contribution is -2.40. The maximum atomic E-state index is 12.1. The van der Waals surface area contributed by atoms with E-state index in [-0.39, 0.29) is 5.91 Å². The number of thiocarbonyl (C=S) groups is 1. The normalized spacial score (nSPS) is 17.9. The van der Waals surface area contributed by atoms with Gasteiger partial charge in [0.25, 0.3) is 0 Å². The van der Waals surface area contributed by atoms with Crippen LogP contribution in [-0.4, -0.2) is 30.7 Å². The van der Waals surface area contributed by atoms with Gasteiger partial charge in [0.15, 0.2) is 11.5 Å². The summed E-state index contributed by atoms with van der Waals surface area (Å²) in [6.45, 7) is 1.72. The second-order valence-corrected chi connectivity index (χ2v) is 5.87. The van der Waals surface area contributed by atoms with E-state index < -0.39 is 5.41 Å². The molecule has 1 aromatic carbocycles. The molecular weight excluding hydrogens is 288 g/mol. The third kappa shape index (κ3) is 2.81. The number of carbonyl (C=O) groups excluding carboxylic acids is 1. The maximum absolute atomic E-state index is 12.1. The highest BCUT2D eigenvalue weighted by atomic mass is 32.1. The Bertz CT molecular complexity index is 584. The second-order valence-electron chi connectivity index (χ2n) is 5.43. The van der Waals surface area contributed by atoms with Crippen LogP contribution in [-0.2, 0) is 11.2 Å². The molecule has 0 spiro atoms. The molecule has 1 fully saturated rings. The van der Waals surface area contributed by atoms with Crippen molar-refractivity contribution < 1.29 is 14.3 Å². The van der Waals surface area contributed by atoms with Gasteiger partial charge in [0.05, 0.1) is 10.4 Å². The summed E-state index contributed by atoms with van der Waals surface area (Å²) < 4.78 is 11.0. The fourth-order valence-electron chi connectivity index (χ4n) is 2.44. The fraction of sp³-hybridized carbons (Fsp3) is 0.467. The molecule has 6 heteroatoms. The van der Waals surface area contributed by atoms with Crippen LogP contribution in [0.3, 0.4) is 0 Å². The van der Waals surface area contributed by atoms with Crippen LogP contribution >= 0.6 is 12.2 Å². The first-order valence-corrected chi connectivity index (χ1v) is 7.49. The highest BCUT2D eigenvalue weighted by Gasteiger charge is 2.52. The zero-order valence-electron chi connectivity index (χ0n) is 11.7. The Balaban J connectivity index is 1.54. The zero-order valence-corrected chi connectivity index (χ0v) is 12.5. The van der Waals surface area contributed by atoms with Gasteiger partial charge in [-0.15, -0.1) is 0 Å². The highest BCUT2D eigenvalue weighted by Crippen LogP contribution is 2.46. The van der Waals surface area contributed by atoms with Crippen LogP contribution in [0.2, 0.25) is 0 Å². The van der Waals surface area contributed by atoms with Crippen LogP contribution in [0.1, 0.15) is 18.4 Å². The fourth-order valence-corrected chi connectivity index (χ4v) is 2.74. The lowest BCUT2D eigenvalue weighted by molar-refractivity contribution is -0.123. The van der Waals surface area contributed by atoms with Gasteiger partial charge in [-0.1, -0.05) is 18.3 Å². The maximum Gasteiger partial charge on any atom is 0.233 e. The summed E-state index contributed by atoms with van der Waals surface area (Å²) in [6, 6.07) is 5.85. The van der Waals surface area contributed by atoms with E-state index in [0.717, 1.165) is 36.3 Å². The van der Waals surface area contributed by atoms with Crippen LogP contribution in [0.15, 0.2) is 18.2 Å². The predicted octanol–water partition coefficient (Wildman–Crippen LogP) is 1.18. The summed E-state index contributed by atoms with van der Waals surface area (Å²) >= 11 is 4.97. The molecule has 0 atom stereocenters. The van der Waals surface area contributed by atoms with Crippen molar-refractivity contribution >= 4 is 23.1 Å². The van der Waals surface area contributed by atoms with E-state index >= 15 is 0 Å². The van der Waals surface area contributed by atoms with Gasteiger partial charge in [0, 0.05) is 6.54 Å². The SMILES string of the molecule is NC(=S)C1(C(=O)NCCc2ccc3c(c2)OCCO3)CC1. The van der Waals surface area contributed by atoms with Crippen LogP contribution in [0.4, 0.5) is 0 Å². The molecule has 0 radical (unpaired) electrons. The number of benzene rings is 1. The van der Waals surface area contributed by atoms with Crippen molar-refractivity contribution in [1.82, 2.24) is 5.32 Å². The van der Waals surface area contributed by atoms with Crippen LogP contribution in [0, 0.1) is 5.41 Å². The Morgan fingerprint density at radius 1 is 1.29 bits per heavy atom. The molecular formula is C15H18N2O3S. The van der Waals surface area contributed by atoms with Gasteiger partial charge < -0.3 is 20.5 Å². The smallest absolute Gasteiger partial charge is 0.233 e. The van der Waals surface area contributed by atoms with Gasteiger partial charge in [-0.05, 0) is 37.0 Å². The molecule has 2 aliphatic rings. The van der Waals surface area contributed by atoms with Crippen molar-refractivity contribution in [2.45, 2.75) is 19.3 Å². The van der Waals surface area contributed by atoms with Gasteiger partial charge in [-0.2, -0.15) is 0 Å². The number of fused-ring (bicyclic) bond motifs is 1. The second kappa shape index (κ2) is 5.52. The summed E-state index contributed by atoms with van der Waals surface area (Å²) in [4.78, 5) is 12.4. The Hall–Kier alpha value is -1.82. The standard InChI is InChI=1S/C15H18N2O3S/c16-13(21)15(4-5-15)14(18)17-6-3-10-1-2-11-12(9-10)20-8-7-19-11/h1-2,9H,3-8H2,(H2,16,21)(H,17,18). The Morgan fingerprint density at radius 2 is 2.00 bits per heavy atom. The van der Waals surface area contributed by atoms with E-state index in [1.807, 2.05) is 18.2 Å². The van der Waals surface area contributed by atoms with Crippen LogP contribution in [0.25, 0.3) is 0 Å².